The molecule has 0 saturated heterocycles. The van der Waals surface area contributed by atoms with Gasteiger partial charge in [0.15, 0.2) is 10.1 Å². The molecule has 0 unspecified atom stereocenters. The molecule has 4 nitrogen and oxygen atoms in total. The Labute approximate surface area is 144 Å². The zero-order chi connectivity index (χ0) is 16.8. The molecule has 0 radical (unpaired) electrons. The summed E-state index contributed by atoms with van der Waals surface area (Å²) in [4.78, 5) is 18.1. The zero-order valence-corrected chi connectivity index (χ0v) is 14.7. The average molecular weight is 349 g/mol. The maximum absolute atomic E-state index is 12.2. The molecule has 0 amide bonds. The van der Waals surface area contributed by atoms with Gasteiger partial charge in [-0.3, -0.25) is 0 Å². The molecule has 2 rings (SSSR count). The van der Waals surface area contributed by atoms with Gasteiger partial charge >= 0.3 is 5.97 Å². The zero-order valence-electron chi connectivity index (χ0n) is 13.1. The van der Waals surface area contributed by atoms with E-state index in [2.05, 4.69) is 6.58 Å². The van der Waals surface area contributed by atoms with Crippen LogP contribution in [0.3, 0.4) is 0 Å². The molecule has 1 aromatic heterocycles. The van der Waals surface area contributed by atoms with Crippen molar-refractivity contribution in [2.75, 3.05) is 0 Å². The second kappa shape index (κ2) is 8.08. The molecule has 6 heteroatoms. The molecule has 0 N–H and O–H groups in total. The van der Waals surface area contributed by atoms with Crippen LogP contribution in [0.15, 0.2) is 48.4 Å². The molecule has 1 aromatic carbocycles. The quantitative estimate of drug-likeness (QED) is 0.427. The van der Waals surface area contributed by atoms with E-state index in [1.54, 1.807) is 35.1 Å². The summed E-state index contributed by atoms with van der Waals surface area (Å²) in [6.45, 7) is 7.49. The first-order chi connectivity index (χ1) is 11.0. The summed E-state index contributed by atoms with van der Waals surface area (Å²) >= 11 is 6.67. The number of ether oxygens (including phenoxy) is 1. The van der Waals surface area contributed by atoms with Gasteiger partial charge in [0.05, 0.1) is 11.3 Å². The van der Waals surface area contributed by atoms with Gasteiger partial charge in [-0.25, -0.2) is 4.79 Å². The average Bonchev–Trinajstić information content (AvgIpc) is 2.87. The molecule has 0 aliphatic heterocycles. The fourth-order valence-corrected chi connectivity index (χ4v) is 3.00. The van der Waals surface area contributed by atoms with Crippen molar-refractivity contribution in [2.24, 2.45) is 0 Å². The number of carbonyl (C=O) groups is 1. The fraction of sp³-hybridized carbons (Fsp3) is 0.294. The highest BCUT2D eigenvalue weighted by atomic mass is 32.1. The van der Waals surface area contributed by atoms with Gasteiger partial charge in [-0.1, -0.05) is 24.3 Å². The normalized spacial score (nSPS) is 13.1. The van der Waals surface area contributed by atoms with E-state index in [4.69, 9.17) is 21.8 Å². The third-order valence-corrected chi connectivity index (χ3v) is 4.56. The summed E-state index contributed by atoms with van der Waals surface area (Å²) in [6, 6.07) is 8.89. The Hall–Kier alpha value is -1.92. The van der Waals surface area contributed by atoms with Crippen LogP contribution < -0.4 is 4.84 Å². The van der Waals surface area contributed by atoms with Gasteiger partial charge in [-0.05, 0) is 38.2 Å². The molecule has 23 heavy (non-hydrogen) atoms. The highest BCUT2D eigenvalue weighted by Gasteiger charge is 2.24. The number of thiazole rings is 1. The van der Waals surface area contributed by atoms with Gasteiger partial charge in [0.1, 0.15) is 6.10 Å². The minimum absolute atomic E-state index is 0.360. The van der Waals surface area contributed by atoms with Crippen molar-refractivity contribution in [3.63, 3.8) is 0 Å². The lowest BCUT2D eigenvalue weighted by Crippen LogP contribution is -2.37. The van der Waals surface area contributed by atoms with Crippen molar-refractivity contribution >= 4 is 29.5 Å². The Morgan fingerprint density at radius 3 is 2.70 bits per heavy atom. The van der Waals surface area contributed by atoms with Crippen molar-refractivity contribution in [2.45, 2.75) is 32.5 Å². The Bertz CT molecular complexity index is 721. The van der Waals surface area contributed by atoms with E-state index in [1.807, 2.05) is 25.3 Å². The molecular formula is C17H19NO3S2. The van der Waals surface area contributed by atoms with E-state index < -0.39 is 6.10 Å². The summed E-state index contributed by atoms with van der Waals surface area (Å²) < 4.78 is 7.81. The highest BCUT2D eigenvalue weighted by molar-refractivity contribution is 7.73. The molecule has 0 spiro atoms. The number of rotatable bonds is 7. The van der Waals surface area contributed by atoms with Crippen molar-refractivity contribution in [3.05, 3.63) is 63.6 Å². The molecule has 0 fully saturated rings. The summed E-state index contributed by atoms with van der Waals surface area (Å²) in [6.07, 6.45) is 1.40. The predicted octanol–water partition coefficient (Wildman–Crippen LogP) is 4.21. The van der Waals surface area contributed by atoms with E-state index in [-0.39, 0.29) is 12.1 Å². The standard InChI is InChI=1S/C17H19NO3S2/c1-4-8-15(20-16(19)14-9-6-5-7-10-14)13(3)21-18-12(2)11-23-17(18)22/h4-7,9-11,13,15H,1,8H2,2-3H3/t13-,15-/m1/s1. The summed E-state index contributed by atoms with van der Waals surface area (Å²) in [5, 5.41) is 1.92. The largest absolute Gasteiger partial charge is 0.454 e. The summed E-state index contributed by atoms with van der Waals surface area (Å²) in [5.41, 5.74) is 1.43. The van der Waals surface area contributed by atoms with Gasteiger partial charge < -0.3 is 9.57 Å². The van der Waals surface area contributed by atoms with E-state index in [9.17, 15) is 4.79 Å². The minimum atomic E-state index is -0.443. The van der Waals surface area contributed by atoms with Crippen molar-refractivity contribution < 1.29 is 14.4 Å². The highest BCUT2D eigenvalue weighted by Crippen LogP contribution is 2.14. The SMILES string of the molecule is C=CC[C@@H](OC(=O)c1ccccc1)[C@@H](C)On1c(C)csc1=S. The van der Waals surface area contributed by atoms with Crippen LogP contribution in [0, 0.1) is 10.9 Å². The molecule has 0 aliphatic rings. The molecule has 0 aliphatic carbocycles. The van der Waals surface area contributed by atoms with Crippen molar-refractivity contribution in [1.82, 2.24) is 4.73 Å². The van der Waals surface area contributed by atoms with Gasteiger partial charge in [0.25, 0.3) is 0 Å². The Kier molecular flexibility index (Phi) is 6.12. The van der Waals surface area contributed by atoms with Crippen LogP contribution in [0.25, 0.3) is 0 Å². The molecule has 122 valence electrons. The van der Waals surface area contributed by atoms with E-state index in [1.165, 1.54) is 11.3 Å². The Morgan fingerprint density at radius 2 is 2.13 bits per heavy atom. The molecular weight excluding hydrogens is 330 g/mol. The lowest BCUT2D eigenvalue weighted by Gasteiger charge is -2.24. The molecule has 0 bridgehead atoms. The lowest BCUT2D eigenvalue weighted by molar-refractivity contribution is -0.0504. The number of aryl methyl sites for hydroxylation is 1. The third kappa shape index (κ3) is 4.53. The van der Waals surface area contributed by atoms with E-state index in [0.717, 1.165) is 5.69 Å². The van der Waals surface area contributed by atoms with Gasteiger partial charge in [0.2, 0.25) is 0 Å². The number of aromatic nitrogens is 1. The lowest BCUT2D eigenvalue weighted by atomic mass is 10.1. The van der Waals surface area contributed by atoms with Crippen LogP contribution in [-0.2, 0) is 4.74 Å². The van der Waals surface area contributed by atoms with Crippen LogP contribution in [0.5, 0.6) is 0 Å². The molecule has 2 atom stereocenters. The van der Waals surface area contributed by atoms with Crippen molar-refractivity contribution in [1.29, 1.82) is 0 Å². The van der Waals surface area contributed by atoms with E-state index in [0.29, 0.717) is 15.9 Å². The smallest absolute Gasteiger partial charge is 0.338 e. The first-order valence-corrected chi connectivity index (χ1v) is 8.53. The monoisotopic (exact) mass is 349 g/mol. The second-order valence-corrected chi connectivity index (χ2v) is 6.59. The van der Waals surface area contributed by atoms with Gasteiger partial charge in [-0.2, -0.15) is 4.73 Å². The number of hydrogen-bond donors (Lipinski definition) is 0. The number of carbonyl (C=O) groups excluding carboxylic acids is 1. The number of hydrogen-bond acceptors (Lipinski definition) is 5. The summed E-state index contributed by atoms with van der Waals surface area (Å²) in [7, 11) is 0. The predicted molar refractivity (Wildman–Crippen MR) is 94.4 cm³/mol. The topological polar surface area (TPSA) is 40.5 Å². The van der Waals surface area contributed by atoms with Crippen LogP contribution in [-0.4, -0.2) is 22.9 Å². The van der Waals surface area contributed by atoms with Crippen LogP contribution >= 0.6 is 23.6 Å². The second-order valence-electron chi connectivity index (χ2n) is 5.08. The molecule has 2 aromatic rings. The maximum Gasteiger partial charge on any atom is 0.338 e. The first-order valence-electron chi connectivity index (χ1n) is 7.24. The fourth-order valence-electron chi connectivity index (χ4n) is 2.02. The van der Waals surface area contributed by atoms with Crippen LogP contribution in [0.1, 0.15) is 29.4 Å². The van der Waals surface area contributed by atoms with Gasteiger partial charge in [0, 0.05) is 11.8 Å². The minimum Gasteiger partial charge on any atom is -0.454 e. The molecule has 1 heterocycles. The summed E-state index contributed by atoms with van der Waals surface area (Å²) in [5.74, 6) is -0.376. The number of benzene rings is 1. The third-order valence-electron chi connectivity index (χ3n) is 3.28. The maximum atomic E-state index is 12.2. The molecule has 0 saturated carbocycles. The van der Waals surface area contributed by atoms with E-state index >= 15 is 0 Å². The van der Waals surface area contributed by atoms with Crippen LogP contribution in [0.2, 0.25) is 0 Å². The number of nitrogens with zero attached hydrogens (tertiary/aromatic N) is 1. The number of esters is 1. The van der Waals surface area contributed by atoms with Crippen LogP contribution in [0.4, 0.5) is 0 Å². The first kappa shape index (κ1) is 17.4. The van der Waals surface area contributed by atoms with Gasteiger partial charge in [-0.15, -0.1) is 17.9 Å². The Morgan fingerprint density at radius 1 is 1.43 bits per heavy atom. The van der Waals surface area contributed by atoms with Crippen molar-refractivity contribution in [3.8, 4) is 0 Å². The Balaban J connectivity index is 2.09.